The van der Waals surface area contributed by atoms with Crippen LogP contribution in [0.25, 0.3) is 22.3 Å². The third-order valence-corrected chi connectivity index (χ3v) is 5.83. The summed E-state index contributed by atoms with van der Waals surface area (Å²) in [5.41, 5.74) is 2.93. The van der Waals surface area contributed by atoms with Gasteiger partial charge in [-0.3, -0.25) is 4.79 Å². The molecule has 0 unspecified atom stereocenters. The number of aryl methyl sites for hydroxylation is 1. The number of hydrogen-bond acceptors (Lipinski definition) is 5. The number of esters is 1. The first kappa shape index (κ1) is 23.2. The van der Waals surface area contributed by atoms with Crippen LogP contribution in [0, 0.1) is 6.92 Å². The average Bonchev–Trinajstić information content (AvgIpc) is 2.90. The first-order chi connectivity index (χ1) is 17.5. The van der Waals surface area contributed by atoms with E-state index >= 15 is 0 Å². The Balaban J connectivity index is 1.56. The lowest BCUT2D eigenvalue weighted by molar-refractivity contribution is 0.0734. The molecule has 0 saturated carbocycles. The van der Waals surface area contributed by atoms with Crippen molar-refractivity contribution < 1.29 is 9.53 Å². The highest BCUT2D eigenvalue weighted by atomic mass is 35.5. The van der Waals surface area contributed by atoms with E-state index in [1.54, 1.807) is 78.9 Å². The summed E-state index contributed by atoms with van der Waals surface area (Å²) < 4.78 is 6.88. The van der Waals surface area contributed by atoms with E-state index in [0.29, 0.717) is 44.2 Å². The van der Waals surface area contributed by atoms with E-state index in [1.807, 2.05) is 25.1 Å². The number of rotatable bonds is 5. The van der Waals surface area contributed by atoms with Crippen LogP contribution in [-0.2, 0) is 0 Å². The molecule has 0 saturated heterocycles. The smallest absolute Gasteiger partial charge is 0.343 e. The molecule has 1 heterocycles. The second kappa shape index (κ2) is 9.98. The number of hydrogen-bond donors (Lipinski definition) is 0. The predicted octanol–water partition coefficient (Wildman–Crippen LogP) is 6.13. The number of carbonyl (C=O) groups is 1. The molecule has 0 aliphatic heterocycles. The Bertz CT molecular complexity index is 1660. The third kappa shape index (κ3) is 4.80. The van der Waals surface area contributed by atoms with Crippen LogP contribution in [0.1, 0.15) is 21.5 Å². The molecule has 4 aromatic carbocycles. The Morgan fingerprint density at radius 1 is 0.917 bits per heavy atom. The van der Waals surface area contributed by atoms with Crippen LogP contribution in [0.2, 0.25) is 5.02 Å². The van der Waals surface area contributed by atoms with Crippen LogP contribution in [-0.4, -0.2) is 21.8 Å². The largest absolute Gasteiger partial charge is 0.422 e. The molecule has 5 aromatic rings. The predicted molar refractivity (Wildman–Crippen MR) is 142 cm³/mol. The van der Waals surface area contributed by atoms with Gasteiger partial charge in [0, 0.05) is 16.1 Å². The number of para-hydroxylation sites is 2. The minimum absolute atomic E-state index is 0.321. The number of ether oxygens (including phenoxy) is 1. The van der Waals surface area contributed by atoms with Crippen molar-refractivity contribution in [2.45, 2.75) is 6.92 Å². The van der Waals surface area contributed by atoms with Crippen LogP contribution < -0.4 is 10.3 Å². The summed E-state index contributed by atoms with van der Waals surface area (Å²) in [5.74, 6) is 0.199. The van der Waals surface area contributed by atoms with Gasteiger partial charge in [0.05, 0.1) is 22.7 Å². The Morgan fingerprint density at radius 3 is 2.39 bits per heavy atom. The molecule has 0 fully saturated rings. The maximum Gasteiger partial charge on any atom is 0.343 e. The minimum Gasteiger partial charge on any atom is -0.422 e. The van der Waals surface area contributed by atoms with Gasteiger partial charge in [-0.05, 0) is 67.6 Å². The van der Waals surface area contributed by atoms with Crippen molar-refractivity contribution >= 4 is 34.7 Å². The molecule has 6 nitrogen and oxygen atoms in total. The molecule has 1 aromatic heterocycles. The lowest BCUT2D eigenvalue weighted by atomic mass is 10.1. The summed E-state index contributed by atoms with van der Waals surface area (Å²) in [6.07, 6.45) is 1.48. The molecule has 0 amide bonds. The average molecular weight is 494 g/mol. The highest BCUT2D eigenvalue weighted by Crippen LogP contribution is 2.22. The topological polar surface area (TPSA) is 73.5 Å². The summed E-state index contributed by atoms with van der Waals surface area (Å²) >= 11 is 6.06. The highest BCUT2D eigenvalue weighted by molar-refractivity contribution is 6.30. The van der Waals surface area contributed by atoms with Crippen LogP contribution in [0.4, 0.5) is 0 Å². The van der Waals surface area contributed by atoms with Crippen molar-refractivity contribution in [1.29, 1.82) is 0 Å². The standard InChI is InChI=1S/C29H20ClN3O3/c1-19-10-12-21(13-11-19)29(35)36-26-9-5-2-6-22(26)18-31-33-27(20-14-16-23(30)17-15-20)32-25-8-4-3-7-24(25)28(33)34/h2-18H,1H3. The van der Waals surface area contributed by atoms with Gasteiger partial charge in [0.1, 0.15) is 5.75 Å². The number of nitrogens with zero attached hydrogens (tertiary/aromatic N) is 3. The second-order valence-corrected chi connectivity index (χ2v) is 8.55. The van der Waals surface area contributed by atoms with E-state index in [0.717, 1.165) is 5.56 Å². The maximum atomic E-state index is 13.4. The van der Waals surface area contributed by atoms with Gasteiger partial charge in [0.15, 0.2) is 5.82 Å². The van der Waals surface area contributed by atoms with Crippen molar-refractivity contribution in [3.05, 3.63) is 129 Å². The van der Waals surface area contributed by atoms with Gasteiger partial charge in [-0.25, -0.2) is 9.78 Å². The first-order valence-electron chi connectivity index (χ1n) is 11.2. The molecule has 176 valence electrons. The Kier molecular flexibility index (Phi) is 6.43. The van der Waals surface area contributed by atoms with Crippen LogP contribution in [0.3, 0.4) is 0 Å². The fourth-order valence-electron chi connectivity index (χ4n) is 3.67. The van der Waals surface area contributed by atoms with E-state index in [9.17, 15) is 9.59 Å². The zero-order valence-corrected chi connectivity index (χ0v) is 20.0. The SMILES string of the molecule is Cc1ccc(C(=O)Oc2ccccc2C=Nn2c(-c3ccc(Cl)cc3)nc3ccccc3c2=O)cc1. The van der Waals surface area contributed by atoms with Crippen molar-refractivity contribution in [2.24, 2.45) is 5.10 Å². The Hall–Kier alpha value is -4.55. The van der Waals surface area contributed by atoms with Gasteiger partial charge in [0.2, 0.25) is 0 Å². The van der Waals surface area contributed by atoms with Crippen LogP contribution >= 0.6 is 11.6 Å². The molecule has 0 atom stereocenters. The van der Waals surface area contributed by atoms with Gasteiger partial charge in [-0.2, -0.15) is 9.78 Å². The van der Waals surface area contributed by atoms with Crippen molar-refractivity contribution in [1.82, 2.24) is 9.66 Å². The van der Waals surface area contributed by atoms with E-state index < -0.39 is 5.97 Å². The van der Waals surface area contributed by atoms with Gasteiger partial charge in [-0.1, -0.05) is 53.6 Å². The number of halogens is 1. The molecular weight excluding hydrogens is 474 g/mol. The van der Waals surface area contributed by atoms with E-state index in [4.69, 9.17) is 16.3 Å². The van der Waals surface area contributed by atoms with Crippen LogP contribution in [0.15, 0.2) is 107 Å². The van der Waals surface area contributed by atoms with E-state index in [2.05, 4.69) is 10.1 Å². The van der Waals surface area contributed by atoms with Gasteiger partial charge in [-0.15, -0.1) is 0 Å². The summed E-state index contributed by atoms with van der Waals surface area (Å²) in [7, 11) is 0. The van der Waals surface area contributed by atoms with Crippen molar-refractivity contribution in [2.75, 3.05) is 0 Å². The Morgan fingerprint density at radius 2 is 1.61 bits per heavy atom. The third-order valence-electron chi connectivity index (χ3n) is 5.58. The number of aromatic nitrogens is 2. The molecule has 0 spiro atoms. The van der Waals surface area contributed by atoms with E-state index in [1.165, 1.54) is 10.9 Å². The minimum atomic E-state index is -0.484. The fraction of sp³-hybridized carbons (Fsp3) is 0.0345. The monoisotopic (exact) mass is 493 g/mol. The normalized spacial score (nSPS) is 11.2. The molecule has 7 heteroatoms. The van der Waals surface area contributed by atoms with E-state index in [-0.39, 0.29) is 5.56 Å². The van der Waals surface area contributed by atoms with Crippen molar-refractivity contribution in [3.8, 4) is 17.1 Å². The number of benzene rings is 4. The summed E-state index contributed by atoms with van der Waals surface area (Å²) in [6.45, 7) is 1.95. The molecular formula is C29H20ClN3O3. The lowest BCUT2D eigenvalue weighted by Gasteiger charge is -2.10. The number of carbonyl (C=O) groups excluding carboxylic acids is 1. The van der Waals surface area contributed by atoms with Gasteiger partial charge < -0.3 is 4.74 Å². The highest BCUT2D eigenvalue weighted by Gasteiger charge is 2.14. The second-order valence-electron chi connectivity index (χ2n) is 8.11. The zero-order valence-electron chi connectivity index (χ0n) is 19.3. The first-order valence-corrected chi connectivity index (χ1v) is 11.6. The fourth-order valence-corrected chi connectivity index (χ4v) is 3.79. The summed E-state index contributed by atoms with van der Waals surface area (Å²) in [5, 5.41) is 5.48. The lowest BCUT2D eigenvalue weighted by Crippen LogP contribution is -2.20. The molecule has 0 N–H and O–H groups in total. The molecule has 36 heavy (non-hydrogen) atoms. The van der Waals surface area contributed by atoms with Crippen molar-refractivity contribution in [3.63, 3.8) is 0 Å². The molecule has 0 aliphatic rings. The van der Waals surface area contributed by atoms with Gasteiger partial charge >= 0.3 is 5.97 Å². The quantitative estimate of drug-likeness (QED) is 0.168. The summed E-state index contributed by atoms with van der Waals surface area (Å²) in [4.78, 5) is 30.7. The van der Waals surface area contributed by atoms with Crippen LogP contribution in [0.5, 0.6) is 5.75 Å². The maximum absolute atomic E-state index is 13.4. The Labute approximate surface area is 212 Å². The molecule has 0 aliphatic carbocycles. The summed E-state index contributed by atoms with van der Waals surface area (Å²) in [6, 6.07) is 28.2. The number of fused-ring (bicyclic) bond motifs is 1. The molecule has 0 bridgehead atoms. The van der Waals surface area contributed by atoms with Gasteiger partial charge in [0.25, 0.3) is 5.56 Å². The zero-order chi connectivity index (χ0) is 25.1. The molecule has 0 radical (unpaired) electrons. The molecule has 5 rings (SSSR count).